The molecule has 2 nitrogen and oxygen atoms in total. The Morgan fingerprint density at radius 1 is 0.293 bits per heavy atom. The number of para-hydroxylation sites is 2. The maximum Gasteiger partial charge on any atom is 0.0497 e. The van der Waals surface area contributed by atoms with Gasteiger partial charge < -0.3 is 9.13 Å². The van der Waals surface area contributed by atoms with E-state index in [4.69, 9.17) is 0 Å². The van der Waals surface area contributed by atoms with Gasteiger partial charge in [0, 0.05) is 56.7 Å². The molecule has 0 bridgehead atoms. The molecule has 2 heterocycles. The van der Waals surface area contributed by atoms with Gasteiger partial charge in [-0.2, -0.15) is 0 Å². The van der Waals surface area contributed by atoms with E-state index in [0.717, 1.165) is 13.1 Å². The highest BCUT2D eigenvalue weighted by molar-refractivity contribution is 6.27. The van der Waals surface area contributed by atoms with Crippen molar-refractivity contribution in [2.45, 2.75) is 26.9 Å². The molecule has 0 spiro atoms. The van der Waals surface area contributed by atoms with Crippen molar-refractivity contribution in [3.05, 3.63) is 182 Å². The highest BCUT2D eigenvalue weighted by atomic mass is 15.0. The molecule has 12 aromatic rings. The van der Waals surface area contributed by atoms with Gasteiger partial charge in [-0.25, -0.2) is 0 Å². The summed E-state index contributed by atoms with van der Waals surface area (Å²) in [6, 6.07) is 68.3. The van der Waals surface area contributed by atoms with Crippen molar-refractivity contribution in [2.24, 2.45) is 0 Å². The third-order valence-corrected chi connectivity index (χ3v) is 12.9. The van der Waals surface area contributed by atoms with Crippen LogP contribution in [0.4, 0.5) is 0 Å². The van der Waals surface area contributed by atoms with Gasteiger partial charge in [-0.1, -0.05) is 146 Å². The summed E-state index contributed by atoms with van der Waals surface area (Å²) in [5.41, 5.74) is 12.7. The quantitative estimate of drug-likeness (QED) is 0.123. The van der Waals surface area contributed by atoms with Crippen molar-refractivity contribution in [3.8, 4) is 33.4 Å². The summed E-state index contributed by atoms with van der Waals surface area (Å²) >= 11 is 0. The lowest BCUT2D eigenvalue weighted by molar-refractivity contribution is 0.827. The highest BCUT2D eigenvalue weighted by Crippen LogP contribution is 2.48. The number of fused-ring (bicyclic) bond motifs is 11. The van der Waals surface area contributed by atoms with Gasteiger partial charge in [-0.15, -0.1) is 0 Å². The first kappa shape index (κ1) is 33.0. The van der Waals surface area contributed by atoms with E-state index < -0.39 is 0 Å². The zero-order valence-corrected chi connectivity index (χ0v) is 32.6. The normalized spacial score (nSPS) is 12.1. The van der Waals surface area contributed by atoms with Gasteiger partial charge in [0.15, 0.2) is 0 Å². The van der Waals surface area contributed by atoms with Crippen molar-refractivity contribution in [1.29, 1.82) is 0 Å². The predicted octanol–water partition coefficient (Wildman–Crippen LogP) is 15.6. The molecule has 58 heavy (non-hydrogen) atoms. The molecule has 0 amide bonds. The van der Waals surface area contributed by atoms with Crippen LogP contribution in [0.15, 0.2) is 182 Å². The molecule has 0 aliphatic carbocycles. The van der Waals surface area contributed by atoms with Gasteiger partial charge in [0.1, 0.15) is 0 Å². The topological polar surface area (TPSA) is 9.86 Å². The molecule has 0 aliphatic heterocycles. The number of benzene rings is 10. The van der Waals surface area contributed by atoms with Crippen LogP contribution in [0.2, 0.25) is 0 Å². The Morgan fingerprint density at radius 3 is 1.26 bits per heavy atom. The first-order chi connectivity index (χ1) is 28.7. The Kier molecular flexibility index (Phi) is 7.22. The van der Waals surface area contributed by atoms with E-state index in [1.165, 1.54) is 120 Å². The average molecular weight is 741 g/mol. The highest BCUT2D eigenvalue weighted by Gasteiger charge is 2.22. The molecule has 12 rings (SSSR count). The van der Waals surface area contributed by atoms with Crippen LogP contribution in [0.25, 0.3) is 120 Å². The molecular weight excluding hydrogens is 701 g/mol. The summed E-state index contributed by atoms with van der Waals surface area (Å²) in [5, 5.41) is 15.4. The summed E-state index contributed by atoms with van der Waals surface area (Å²) in [4.78, 5) is 0. The third kappa shape index (κ3) is 4.54. The zero-order valence-electron chi connectivity index (χ0n) is 32.6. The fraction of sp³-hybridized carbons (Fsp3) is 0.0714. The van der Waals surface area contributed by atoms with Gasteiger partial charge in [-0.05, 0) is 127 Å². The molecule has 0 saturated heterocycles. The second-order valence-electron chi connectivity index (χ2n) is 15.7. The van der Waals surface area contributed by atoms with Crippen LogP contribution in [-0.2, 0) is 13.1 Å². The number of hydrogen-bond acceptors (Lipinski definition) is 0. The molecule has 0 radical (unpaired) electrons. The van der Waals surface area contributed by atoms with Crippen LogP contribution in [0.5, 0.6) is 0 Å². The maximum absolute atomic E-state index is 2.51. The number of nitrogens with zero attached hydrogens (tertiary/aromatic N) is 2. The van der Waals surface area contributed by atoms with Crippen molar-refractivity contribution < 1.29 is 0 Å². The van der Waals surface area contributed by atoms with Gasteiger partial charge >= 0.3 is 0 Å². The zero-order chi connectivity index (χ0) is 38.5. The molecule has 10 aromatic carbocycles. The van der Waals surface area contributed by atoms with E-state index in [-0.39, 0.29) is 0 Å². The van der Waals surface area contributed by atoms with Crippen molar-refractivity contribution in [2.75, 3.05) is 0 Å². The van der Waals surface area contributed by atoms with E-state index in [1.807, 2.05) is 0 Å². The van der Waals surface area contributed by atoms with Crippen molar-refractivity contribution in [3.63, 3.8) is 0 Å². The largest absolute Gasteiger partial charge is 0.341 e. The first-order valence-corrected chi connectivity index (χ1v) is 20.6. The second kappa shape index (κ2) is 12.7. The van der Waals surface area contributed by atoms with Crippen LogP contribution in [0.3, 0.4) is 0 Å². The van der Waals surface area contributed by atoms with Crippen LogP contribution in [0.1, 0.15) is 13.8 Å². The molecule has 0 fully saturated rings. The lowest BCUT2D eigenvalue weighted by atomic mass is 9.83. The monoisotopic (exact) mass is 740 g/mol. The Balaban J connectivity index is 1.27. The van der Waals surface area contributed by atoms with E-state index >= 15 is 0 Å². The lowest BCUT2D eigenvalue weighted by Gasteiger charge is -2.20. The van der Waals surface area contributed by atoms with Gasteiger partial charge in [0.25, 0.3) is 0 Å². The Labute approximate surface area is 336 Å². The van der Waals surface area contributed by atoms with Gasteiger partial charge in [0.05, 0.1) is 0 Å². The van der Waals surface area contributed by atoms with Crippen molar-refractivity contribution >= 4 is 86.7 Å². The van der Waals surface area contributed by atoms with Crippen LogP contribution in [-0.4, -0.2) is 9.13 Å². The maximum atomic E-state index is 2.51. The molecule has 0 atom stereocenters. The lowest BCUT2D eigenvalue weighted by Crippen LogP contribution is -1.94. The summed E-state index contributed by atoms with van der Waals surface area (Å²) < 4.78 is 4.93. The minimum absolute atomic E-state index is 0.913. The molecule has 0 aliphatic rings. The molecular formula is C56H40N2. The summed E-state index contributed by atoms with van der Waals surface area (Å²) in [6.45, 7) is 6.33. The summed E-state index contributed by atoms with van der Waals surface area (Å²) in [6.07, 6.45) is 0. The second-order valence-corrected chi connectivity index (χ2v) is 15.7. The van der Waals surface area contributed by atoms with Gasteiger partial charge in [0.2, 0.25) is 0 Å². The minimum Gasteiger partial charge on any atom is -0.341 e. The Bertz CT molecular complexity index is 3470. The molecule has 0 unspecified atom stereocenters. The fourth-order valence-electron chi connectivity index (χ4n) is 10.5. The number of rotatable bonds is 5. The molecule has 2 heteroatoms. The molecule has 2 aromatic heterocycles. The van der Waals surface area contributed by atoms with E-state index in [2.05, 4.69) is 205 Å². The number of hydrogen-bond donors (Lipinski definition) is 0. The van der Waals surface area contributed by atoms with Crippen LogP contribution in [0, 0.1) is 0 Å². The number of aryl methyl sites for hydroxylation is 2. The number of aromatic nitrogens is 2. The van der Waals surface area contributed by atoms with E-state index in [1.54, 1.807) is 0 Å². The third-order valence-electron chi connectivity index (χ3n) is 12.9. The molecule has 274 valence electrons. The van der Waals surface area contributed by atoms with Crippen LogP contribution < -0.4 is 0 Å². The van der Waals surface area contributed by atoms with Gasteiger partial charge in [-0.3, -0.25) is 0 Å². The Hall–Kier alpha value is -7.16. The molecule has 0 saturated carbocycles. The molecule has 0 N–H and O–H groups in total. The average Bonchev–Trinajstić information content (AvgIpc) is 3.80. The standard InChI is InChI=1S/C56H40N2/c1-3-57-50-29-11-9-21-45(50)55-41(27-15-31-52(55)57)39-23-13-25-43-47(39)34-48-40(42-28-16-32-53-56(42)46-22-10-12-30-51(46)58(53)4-2)24-14-26-44(48)54(43)49-33-35-17-5-6-18-36(35)37-19-7-8-20-38(37)49/h5-34H,3-4H2,1-2H3. The van der Waals surface area contributed by atoms with E-state index in [9.17, 15) is 0 Å². The summed E-state index contributed by atoms with van der Waals surface area (Å²) in [5.74, 6) is 0. The first-order valence-electron chi connectivity index (χ1n) is 20.6. The fourth-order valence-corrected chi connectivity index (χ4v) is 10.5. The van der Waals surface area contributed by atoms with Crippen molar-refractivity contribution in [1.82, 2.24) is 9.13 Å². The Morgan fingerprint density at radius 2 is 0.707 bits per heavy atom. The summed E-state index contributed by atoms with van der Waals surface area (Å²) in [7, 11) is 0. The minimum atomic E-state index is 0.913. The predicted molar refractivity (Wildman–Crippen MR) is 250 cm³/mol. The smallest absolute Gasteiger partial charge is 0.0497 e. The van der Waals surface area contributed by atoms with Crippen LogP contribution >= 0.6 is 0 Å². The van der Waals surface area contributed by atoms with E-state index in [0.29, 0.717) is 0 Å². The SMILES string of the molecule is CCn1c2ccccc2c2c(-c3cccc4c(-c5cc6ccccc6c6ccccc56)c5cccc(-c6cccc7c6c6ccccc6n7CC)c5cc34)cccc21.